The molecule has 3 aromatic heterocycles. The minimum absolute atomic E-state index is 0.0136. The third-order valence-electron chi connectivity index (χ3n) is 11.7. The smallest absolute Gasteiger partial charge is 0.345 e. The van der Waals surface area contributed by atoms with E-state index in [0.717, 1.165) is 55.6 Å². The van der Waals surface area contributed by atoms with Gasteiger partial charge in [0.15, 0.2) is 11.5 Å². The third-order valence-corrected chi connectivity index (χ3v) is 12.7. The Morgan fingerprint density at radius 3 is 2.44 bits per heavy atom. The number of halogens is 1. The predicted molar refractivity (Wildman–Crippen MR) is 274 cm³/mol. The molecule has 2 aliphatic heterocycles. The van der Waals surface area contributed by atoms with Crippen LogP contribution in [-0.4, -0.2) is 134 Å². The van der Waals surface area contributed by atoms with Crippen LogP contribution in [0, 0.1) is 5.82 Å². The van der Waals surface area contributed by atoms with E-state index >= 15 is 0 Å². The maximum Gasteiger partial charge on any atom is 0.345 e. The standard InChI is InChI=1S/C53H57FN6O11S/c1-2-69-53(65)49-50(63)46(72-51(49)56-39-8-4-3-5-9-39)31-36-11-14-44(43(61)30-36)70-23-7-6-10-48(62)55-16-24-66-26-28-68-29-27-67-25-22-58-18-20-59(21-19-58)40-13-12-37-32-41(52(64)71-45(37)34-40)42-35-60-17-15-38(54)33-47(60)57-42/h3-5,8-9,11-15,17,30-35,61,63H,2,6-7,10,16,18-29H2,1H3,(H,55,62)/b46-31-,56-51?. The lowest BCUT2D eigenvalue weighted by atomic mass is 10.1. The summed E-state index contributed by atoms with van der Waals surface area (Å²) in [5.41, 5.74) is 3.32. The lowest BCUT2D eigenvalue weighted by Gasteiger charge is -2.36. The number of aliphatic hydroxyl groups is 1. The number of ether oxygens (including phenoxy) is 5. The van der Waals surface area contributed by atoms with Crippen molar-refractivity contribution in [1.29, 1.82) is 0 Å². The lowest BCUT2D eigenvalue weighted by Crippen LogP contribution is -2.47. The van der Waals surface area contributed by atoms with E-state index in [2.05, 4.69) is 25.1 Å². The first-order valence-corrected chi connectivity index (χ1v) is 24.7. The van der Waals surface area contributed by atoms with Gasteiger partial charge in [0.05, 0.1) is 74.7 Å². The molecule has 2 aliphatic rings. The molecule has 72 heavy (non-hydrogen) atoms. The minimum Gasteiger partial charge on any atom is -0.506 e. The molecule has 0 spiro atoms. The first-order chi connectivity index (χ1) is 35.1. The number of anilines is 1. The first kappa shape index (κ1) is 51.3. The number of imidazole rings is 1. The van der Waals surface area contributed by atoms with Gasteiger partial charge >= 0.3 is 11.6 Å². The van der Waals surface area contributed by atoms with Crippen molar-refractivity contribution in [1.82, 2.24) is 19.6 Å². The number of fused-ring (bicyclic) bond motifs is 2. The van der Waals surface area contributed by atoms with Gasteiger partial charge in [-0.1, -0.05) is 36.0 Å². The molecule has 1 saturated heterocycles. The zero-order valence-corrected chi connectivity index (χ0v) is 40.7. The van der Waals surface area contributed by atoms with E-state index in [-0.39, 0.29) is 35.3 Å². The Hall–Kier alpha value is -7.03. The largest absolute Gasteiger partial charge is 0.506 e. The summed E-state index contributed by atoms with van der Waals surface area (Å²) in [6, 6.07) is 24.2. The van der Waals surface area contributed by atoms with Gasteiger partial charge in [-0.3, -0.25) is 9.69 Å². The highest BCUT2D eigenvalue weighted by Gasteiger charge is 2.33. The molecule has 0 aliphatic carbocycles. The number of para-hydroxylation sites is 1. The first-order valence-electron chi connectivity index (χ1n) is 23.9. The van der Waals surface area contributed by atoms with Crippen molar-refractivity contribution < 1.29 is 52.3 Å². The molecule has 0 atom stereocenters. The van der Waals surface area contributed by atoms with Crippen LogP contribution in [0.4, 0.5) is 15.8 Å². The third kappa shape index (κ3) is 13.9. The van der Waals surface area contributed by atoms with Crippen LogP contribution in [0.15, 0.2) is 128 Å². The van der Waals surface area contributed by atoms with E-state index in [1.54, 1.807) is 60.1 Å². The van der Waals surface area contributed by atoms with Gasteiger partial charge in [0, 0.05) is 81.3 Å². The van der Waals surface area contributed by atoms with Crippen molar-refractivity contribution >= 4 is 62.7 Å². The molecule has 378 valence electrons. The van der Waals surface area contributed by atoms with Gasteiger partial charge in [0.1, 0.15) is 33.4 Å². The second-order valence-corrected chi connectivity index (χ2v) is 17.8. The number of carbonyl (C=O) groups is 2. The molecule has 0 unspecified atom stereocenters. The number of aliphatic hydroxyl groups excluding tert-OH is 1. The summed E-state index contributed by atoms with van der Waals surface area (Å²) in [7, 11) is 0. The maximum absolute atomic E-state index is 13.7. The van der Waals surface area contributed by atoms with Crippen LogP contribution in [-0.2, 0) is 28.5 Å². The number of aromatic nitrogens is 2. The quantitative estimate of drug-likeness (QED) is 0.0303. The topological polar surface area (TPSA) is 199 Å². The van der Waals surface area contributed by atoms with E-state index in [1.165, 1.54) is 18.2 Å². The van der Waals surface area contributed by atoms with Crippen molar-refractivity contribution in [2.45, 2.75) is 26.2 Å². The fourth-order valence-electron chi connectivity index (χ4n) is 7.96. The number of thioether (sulfide) groups is 1. The molecule has 8 rings (SSSR count). The summed E-state index contributed by atoms with van der Waals surface area (Å²) in [4.78, 5) is 51.9. The summed E-state index contributed by atoms with van der Waals surface area (Å²) in [6.07, 6.45) is 6.41. The van der Waals surface area contributed by atoms with Gasteiger partial charge in [-0.05, 0) is 79.9 Å². The van der Waals surface area contributed by atoms with Crippen molar-refractivity contribution in [3.63, 3.8) is 0 Å². The summed E-state index contributed by atoms with van der Waals surface area (Å²) >= 11 is 1.13. The summed E-state index contributed by atoms with van der Waals surface area (Å²) in [5.74, 6) is -1.21. The van der Waals surface area contributed by atoms with Gasteiger partial charge in [-0.2, -0.15) is 0 Å². The Labute approximate surface area is 419 Å². The Bertz CT molecular complexity index is 2990. The number of amides is 1. The predicted octanol–water partition coefficient (Wildman–Crippen LogP) is 7.68. The Balaban J connectivity index is 0.629. The Kier molecular flexibility index (Phi) is 18.1. The van der Waals surface area contributed by atoms with Crippen LogP contribution >= 0.6 is 11.8 Å². The number of piperazine rings is 1. The number of hydrogen-bond donors (Lipinski definition) is 3. The molecular formula is C53H57FN6O11S. The van der Waals surface area contributed by atoms with Crippen LogP contribution < -0.4 is 20.6 Å². The second-order valence-electron chi connectivity index (χ2n) is 16.8. The molecule has 1 fully saturated rings. The number of phenols is 1. The number of esters is 1. The number of hydrogen-bond acceptors (Lipinski definition) is 16. The molecule has 1 amide bonds. The number of unbranched alkanes of at least 4 members (excludes halogenated alkanes) is 1. The molecule has 0 saturated carbocycles. The van der Waals surface area contributed by atoms with Gasteiger partial charge < -0.3 is 52.9 Å². The molecule has 0 radical (unpaired) electrons. The summed E-state index contributed by atoms with van der Waals surface area (Å²) in [6.45, 7) is 9.43. The Morgan fingerprint density at radius 2 is 1.67 bits per heavy atom. The summed E-state index contributed by atoms with van der Waals surface area (Å²) in [5, 5.41) is 25.6. The zero-order valence-electron chi connectivity index (χ0n) is 39.9. The molecule has 19 heteroatoms. The molecule has 3 aromatic carbocycles. The van der Waals surface area contributed by atoms with Crippen molar-refractivity contribution in [3.05, 3.63) is 135 Å². The average Bonchev–Trinajstić information content (AvgIpc) is 3.93. The highest BCUT2D eigenvalue weighted by atomic mass is 32.2. The lowest BCUT2D eigenvalue weighted by molar-refractivity contribution is -0.138. The molecule has 6 aromatic rings. The number of pyridine rings is 1. The van der Waals surface area contributed by atoms with E-state index < -0.39 is 17.4 Å². The molecule has 0 bridgehead atoms. The average molecular weight is 1010 g/mol. The molecule has 3 N–H and O–H groups in total. The highest BCUT2D eigenvalue weighted by Crippen LogP contribution is 2.41. The number of phenolic OH excluding ortho intramolecular Hbond substituents is 1. The fourth-order valence-corrected chi connectivity index (χ4v) is 8.99. The van der Waals surface area contributed by atoms with Crippen LogP contribution in [0.1, 0.15) is 31.7 Å². The Morgan fingerprint density at radius 1 is 0.889 bits per heavy atom. The van der Waals surface area contributed by atoms with Gasteiger partial charge in [0.25, 0.3) is 0 Å². The van der Waals surface area contributed by atoms with Gasteiger partial charge in [0.2, 0.25) is 5.91 Å². The zero-order chi connectivity index (χ0) is 50.2. The van der Waals surface area contributed by atoms with Crippen molar-refractivity contribution in [3.8, 4) is 22.8 Å². The SMILES string of the molecule is CCOC(=O)C1=C(O)/C(=C/c2ccc(OCCCCC(=O)NCCOCCOCCOCCN3CCN(c4ccc5cc(-c6cn7ccc(F)cc7n6)c(=O)oc5c4)CC3)c(O)c2)SC1=Nc1ccccc1. The second kappa shape index (κ2) is 25.4. The molecule has 17 nitrogen and oxygen atoms in total. The van der Waals surface area contributed by atoms with E-state index in [4.69, 9.17) is 28.1 Å². The number of benzene rings is 3. The van der Waals surface area contributed by atoms with Gasteiger partial charge in [-0.25, -0.2) is 24.0 Å². The van der Waals surface area contributed by atoms with E-state index in [9.17, 15) is 29.0 Å². The summed E-state index contributed by atoms with van der Waals surface area (Å²) < 4.78 is 49.0. The van der Waals surface area contributed by atoms with Crippen LogP contribution in [0.2, 0.25) is 0 Å². The number of rotatable bonds is 24. The van der Waals surface area contributed by atoms with Crippen LogP contribution in [0.3, 0.4) is 0 Å². The van der Waals surface area contributed by atoms with E-state index in [1.807, 2.05) is 36.4 Å². The molecule has 5 heterocycles. The van der Waals surface area contributed by atoms with Crippen molar-refractivity contribution in [2.75, 3.05) is 97.0 Å². The number of aromatic hydroxyl groups is 1. The number of carbonyl (C=O) groups excluding carboxylic acids is 2. The normalized spacial score (nSPS) is 15.3. The minimum atomic E-state index is -0.674. The highest BCUT2D eigenvalue weighted by molar-refractivity contribution is 8.18. The van der Waals surface area contributed by atoms with Crippen LogP contribution in [0.5, 0.6) is 11.5 Å². The van der Waals surface area contributed by atoms with Crippen molar-refractivity contribution in [2.24, 2.45) is 4.99 Å². The number of nitrogens with zero attached hydrogens (tertiary/aromatic N) is 5. The van der Waals surface area contributed by atoms with Gasteiger partial charge in [-0.15, -0.1) is 0 Å². The number of aliphatic imine (C=N–C) groups is 1. The van der Waals surface area contributed by atoms with Crippen LogP contribution in [0.25, 0.3) is 33.9 Å². The number of nitrogens with one attached hydrogen (secondary N) is 1. The monoisotopic (exact) mass is 1000 g/mol. The molecular weight excluding hydrogens is 948 g/mol. The maximum atomic E-state index is 13.7. The van der Waals surface area contributed by atoms with E-state index in [0.29, 0.717) is 116 Å². The fraction of sp³-hybridized carbons (Fsp3) is 0.340.